The number of benzene rings is 1. The molecular weight excluding hydrogens is 294 g/mol. The number of nitrogens with zero attached hydrogens (tertiary/aromatic N) is 2. The molecule has 0 atom stereocenters. The number of esters is 1. The second-order valence-electron chi connectivity index (χ2n) is 3.87. The molecule has 0 spiro atoms. The maximum atomic E-state index is 11.5. The fourth-order valence-electron chi connectivity index (χ4n) is 1.47. The van der Waals surface area contributed by atoms with Crippen LogP contribution in [0.5, 0.6) is 10.9 Å². The highest BCUT2D eigenvalue weighted by Crippen LogP contribution is 2.31. The van der Waals surface area contributed by atoms with Crippen molar-refractivity contribution in [2.75, 3.05) is 11.9 Å². The quantitative estimate of drug-likeness (QED) is 0.853. The normalized spacial score (nSPS) is 10.0. The predicted octanol–water partition coefficient (Wildman–Crippen LogP) is 2.47. The Morgan fingerprint density at radius 3 is 2.76 bits per heavy atom. The summed E-state index contributed by atoms with van der Waals surface area (Å²) in [4.78, 5) is 22.6. The molecule has 0 fully saturated rings. The summed E-state index contributed by atoms with van der Waals surface area (Å²) in [5.41, 5.74) is 0.512. The number of hydrogen-bond donors (Lipinski definition) is 1. The number of carbonyl (C=O) groups excluding carboxylic acids is 2. The summed E-state index contributed by atoms with van der Waals surface area (Å²) in [6, 6.07) is 6.90. The average Bonchev–Trinajstić information content (AvgIpc) is 2.89. The first-order chi connectivity index (χ1) is 10.1. The van der Waals surface area contributed by atoms with Crippen LogP contribution >= 0.6 is 11.3 Å². The molecule has 1 heterocycles. The average molecular weight is 307 g/mol. The van der Waals surface area contributed by atoms with E-state index in [4.69, 9.17) is 9.47 Å². The summed E-state index contributed by atoms with van der Waals surface area (Å²) in [6.45, 7) is 3.38. The zero-order chi connectivity index (χ0) is 15.2. The van der Waals surface area contributed by atoms with E-state index in [2.05, 4.69) is 15.5 Å². The van der Waals surface area contributed by atoms with Gasteiger partial charge >= 0.3 is 5.97 Å². The third-order valence-electron chi connectivity index (χ3n) is 2.25. The minimum absolute atomic E-state index is 0.115. The lowest BCUT2D eigenvalue weighted by molar-refractivity contribution is -0.114. The maximum absolute atomic E-state index is 11.5. The van der Waals surface area contributed by atoms with Crippen LogP contribution in [-0.2, 0) is 9.53 Å². The molecule has 0 aliphatic heterocycles. The van der Waals surface area contributed by atoms with Crippen molar-refractivity contribution in [2.45, 2.75) is 13.8 Å². The third-order valence-corrected chi connectivity index (χ3v) is 3.03. The van der Waals surface area contributed by atoms with Crippen molar-refractivity contribution in [3.63, 3.8) is 0 Å². The van der Waals surface area contributed by atoms with Gasteiger partial charge in [0.2, 0.25) is 10.9 Å². The van der Waals surface area contributed by atoms with Gasteiger partial charge in [0.1, 0.15) is 0 Å². The molecule has 2 rings (SSSR count). The van der Waals surface area contributed by atoms with Crippen molar-refractivity contribution in [2.24, 2.45) is 0 Å². The summed E-state index contributed by atoms with van der Waals surface area (Å²) in [7, 11) is 0. The van der Waals surface area contributed by atoms with Crippen LogP contribution in [-0.4, -0.2) is 28.7 Å². The van der Waals surface area contributed by atoms with Gasteiger partial charge in [0.05, 0.1) is 12.3 Å². The molecule has 8 heteroatoms. The molecule has 0 saturated carbocycles. The first kappa shape index (κ1) is 14.9. The molecule has 0 aliphatic carbocycles. The molecule has 1 aromatic carbocycles. The standard InChI is InChI=1S/C13H13N3O4S/c1-3-19-12(18)11-15-16-13(21-11)20-10-7-5-4-6-9(10)14-8(2)17/h4-7H,3H2,1-2H3,(H,14,17). The number of para-hydroxylation sites is 2. The monoisotopic (exact) mass is 307 g/mol. The van der Waals surface area contributed by atoms with E-state index in [1.807, 2.05) is 0 Å². The molecule has 1 aromatic heterocycles. The van der Waals surface area contributed by atoms with Gasteiger partial charge in [-0.15, -0.1) is 5.10 Å². The second kappa shape index (κ2) is 6.80. The zero-order valence-corrected chi connectivity index (χ0v) is 12.3. The van der Waals surface area contributed by atoms with E-state index >= 15 is 0 Å². The van der Waals surface area contributed by atoms with E-state index in [9.17, 15) is 9.59 Å². The first-order valence-electron chi connectivity index (χ1n) is 6.15. The molecule has 110 valence electrons. The molecule has 0 saturated heterocycles. The van der Waals surface area contributed by atoms with Crippen molar-refractivity contribution in [3.8, 4) is 10.9 Å². The fraction of sp³-hybridized carbons (Fsp3) is 0.231. The van der Waals surface area contributed by atoms with Gasteiger partial charge < -0.3 is 14.8 Å². The highest BCUT2D eigenvalue weighted by Gasteiger charge is 2.16. The SMILES string of the molecule is CCOC(=O)c1nnc(Oc2ccccc2NC(C)=O)s1. The number of amides is 1. The lowest BCUT2D eigenvalue weighted by atomic mass is 10.3. The topological polar surface area (TPSA) is 90.4 Å². The van der Waals surface area contributed by atoms with Crippen molar-refractivity contribution >= 4 is 28.9 Å². The van der Waals surface area contributed by atoms with E-state index < -0.39 is 5.97 Å². The molecule has 0 bridgehead atoms. The highest BCUT2D eigenvalue weighted by molar-refractivity contribution is 7.14. The van der Waals surface area contributed by atoms with E-state index in [-0.39, 0.29) is 22.7 Å². The van der Waals surface area contributed by atoms with Crippen molar-refractivity contribution < 1.29 is 19.1 Å². The van der Waals surface area contributed by atoms with E-state index in [1.54, 1.807) is 31.2 Å². The maximum Gasteiger partial charge on any atom is 0.369 e. The Morgan fingerprint density at radius 2 is 2.05 bits per heavy atom. The van der Waals surface area contributed by atoms with Gasteiger partial charge in [0.25, 0.3) is 5.19 Å². The number of nitrogens with one attached hydrogen (secondary N) is 1. The molecule has 1 amide bonds. The van der Waals surface area contributed by atoms with Crippen LogP contribution in [0.3, 0.4) is 0 Å². The Bertz CT molecular complexity index is 656. The number of hydrogen-bond acceptors (Lipinski definition) is 7. The van der Waals surface area contributed by atoms with Crippen molar-refractivity contribution in [1.29, 1.82) is 0 Å². The molecule has 1 N–H and O–H groups in total. The first-order valence-corrected chi connectivity index (χ1v) is 6.97. The van der Waals surface area contributed by atoms with Crippen molar-refractivity contribution in [1.82, 2.24) is 10.2 Å². The van der Waals surface area contributed by atoms with Gasteiger partial charge in [-0.25, -0.2) is 4.79 Å². The van der Waals surface area contributed by atoms with Crippen LogP contribution in [0.2, 0.25) is 0 Å². The summed E-state index contributed by atoms with van der Waals surface area (Å²) >= 11 is 0.972. The van der Waals surface area contributed by atoms with Crippen LogP contribution < -0.4 is 10.1 Å². The number of ether oxygens (including phenoxy) is 2. The van der Waals surface area contributed by atoms with Gasteiger partial charge in [0.15, 0.2) is 5.75 Å². The van der Waals surface area contributed by atoms with Gasteiger partial charge in [0, 0.05) is 6.92 Å². The molecule has 21 heavy (non-hydrogen) atoms. The number of anilines is 1. The van der Waals surface area contributed by atoms with Gasteiger partial charge in [-0.3, -0.25) is 4.79 Å². The van der Waals surface area contributed by atoms with Gasteiger partial charge in [-0.2, -0.15) is 0 Å². The lowest BCUT2D eigenvalue weighted by Crippen LogP contribution is -2.06. The molecule has 0 aliphatic rings. The van der Waals surface area contributed by atoms with Gasteiger partial charge in [-0.05, 0) is 30.4 Å². The third kappa shape index (κ3) is 3.99. The summed E-state index contributed by atoms with van der Waals surface area (Å²) in [5, 5.41) is 10.4. The fourth-order valence-corrected chi connectivity index (χ4v) is 2.07. The van der Waals surface area contributed by atoms with Crippen LogP contribution in [0.1, 0.15) is 23.6 Å². The van der Waals surface area contributed by atoms with Crippen LogP contribution in [0, 0.1) is 0 Å². The Labute approximate surface area is 124 Å². The smallest absolute Gasteiger partial charge is 0.369 e. The Balaban J connectivity index is 2.15. The van der Waals surface area contributed by atoms with E-state index in [0.717, 1.165) is 11.3 Å². The largest absolute Gasteiger partial charge is 0.461 e. The molecule has 0 radical (unpaired) electrons. The number of aromatic nitrogens is 2. The Kier molecular flexibility index (Phi) is 4.83. The molecular formula is C13H13N3O4S. The van der Waals surface area contributed by atoms with E-state index in [1.165, 1.54) is 6.92 Å². The molecule has 2 aromatic rings. The molecule has 7 nitrogen and oxygen atoms in total. The Morgan fingerprint density at radius 1 is 1.29 bits per heavy atom. The number of rotatable bonds is 5. The summed E-state index contributed by atoms with van der Waals surface area (Å²) in [6.07, 6.45) is 0. The van der Waals surface area contributed by atoms with Crippen molar-refractivity contribution in [3.05, 3.63) is 29.3 Å². The molecule has 0 unspecified atom stereocenters. The zero-order valence-electron chi connectivity index (χ0n) is 11.5. The lowest BCUT2D eigenvalue weighted by Gasteiger charge is -2.08. The van der Waals surface area contributed by atoms with E-state index in [0.29, 0.717) is 11.4 Å². The minimum atomic E-state index is -0.542. The second-order valence-corrected chi connectivity index (χ2v) is 4.81. The number of carbonyl (C=O) groups is 2. The van der Waals surface area contributed by atoms with Crippen LogP contribution in [0.15, 0.2) is 24.3 Å². The summed E-state index contributed by atoms with van der Waals surface area (Å²) < 4.78 is 10.4. The highest BCUT2D eigenvalue weighted by atomic mass is 32.1. The minimum Gasteiger partial charge on any atom is -0.461 e. The van der Waals surface area contributed by atoms with Gasteiger partial charge in [-0.1, -0.05) is 17.2 Å². The predicted molar refractivity (Wildman–Crippen MR) is 76.7 cm³/mol. The van der Waals surface area contributed by atoms with Crippen LogP contribution in [0.4, 0.5) is 5.69 Å². The Hall–Kier alpha value is -2.48. The van der Waals surface area contributed by atoms with Crippen LogP contribution in [0.25, 0.3) is 0 Å². The summed E-state index contributed by atoms with van der Waals surface area (Å²) in [5.74, 6) is -0.338.